The van der Waals surface area contributed by atoms with E-state index in [9.17, 15) is 14.4 Å². The average Bonchev–Trinajstić information content (AvgIpc) is 2.74. The Morgan fingerprint density at radius 1 is 0.933 bits per heavy atom. The lowest BCUT2D eigenvalue weighted by atomic mass is 10.2. The molecule has 0 aliphatic heterocycles. The highest BCUT2D eigenvalue weighted by Gasteiger charge is 2.20. The van der Waals surface area contributed by atoms with Crippen LogP contribution in [0.15, 0.2) is 30.3 Å². The van der Waals surface area contributed by atoms with Crippen molar-refractivity contribution in [1.82, 2.24) is 20.6 Å². The Morgan fingerprint density at radius 3 is 2.07 bits per heavy atom. The van der Waals surface area contributed by atoms with Gasteiger partial charge in [0.05, 0.1) is 13.0 Å². The molecule has 0 aliphatic carbocycles. The van der Waals surface area contributed by atoms with Crippen molar-refractivity contribution in [3.05, 3.63) is 47.3 Å². The van der Waals surface area contributed by atoms with Crippen LogP contribution in [0, 0.1) is 0 Å². The van der Waals surface area contributed by atoms with Gasteiger partial charge in [0.15, 0.2) is 23.0 Å². The third kappa shape index (κ3) is 6.71. The monoisotopic (exact) mass is 416 g/mol. The van der Waals surface area contributed by atoms with E-state index in [1.165, 1.54) is 7.11 Å². The summed E-state index contributed by atoms with van der Waals surface area (Å²) in [7, 11) is 1.49. The molecule has 0 atom stereocenters. The number of amides is 2. The van der Waals surface area contributed by atoms with Crippen LogP contribution in [0.4, 0.5) is 11.6 Å². The molecule has 0 unspecified atom stereocenters. The average molecular weight is 416 g/mol. The zero-order chi connectivity index (χ0) is 21.9. The summed E-state index contributed by atoms with van der Waals surface area (Å²) in [5.74, 6) is -2.23. The van der Waals surface area contributed by atoms with Crippen molar-refractivity contribution >= 4 is 29.4 Å². The topological polar surface area (TPSA) is 172 Å². The molecule has 2 rings (SSSR count). The predicted molar refractivity (Wildman–Crippen MR) is 108 cm³/mol. The van der Waals surface area contributed by atoms with Gasteiger partial charge in [-0.25, -0.2) is 9.97 Å². The fourth-order valence-corrected chi connectivity index (χ4v) is 2.32. The fraction of sp³-hybridized carbons (Fsp3) is 0.316. The summed E-state index contributed by atoms with van der Waals surface area (Å²) in [4.78, 5) is 43.8. The van der Waals surface area contributed by atoms with Crippen molar-refractivity contribution in [2.24, 2.45) is 0 Å². The van der Waals surface area contributed by atoms with Crippen LogP contribution in [0.2, 0.25) is 0 Å². The van der Waals surface area contributed by atoms with E-state index in [-0.39, 0.29) is 49.1 Å². The van der Waals surface area contributed by atoms with Crippen LogP contribution in [0.3, 0.4) is 0 Å². The minimum absolute atomic E-state index is 0.00668. The SMILES string of the molecule is COCCNC(=O)c1nc(N)c(C(=O)NCCC(=O)OCc2ccccc2)nc1N. The summed E-state index contributed by atoms with van der Waals surface area (Å²) in [6.45, 7) is 0.713. The number of nitrogens with zero attached hydrogens (tertiary/aromatic N) is 2. The van der Waals surface area contributed by atoms with Crippen LogP contribution in [-0.4, -0.2) is 54.6 Å². The molecular weight excluding hydrogens is 392 g/mol. The molecule has 11 nitrogen and oxygen atoms in total. The van der Waals surface area contributed by atoms with E-state index < -0.39 is 17.8 Å². The second kappa shape index (κ2) is 11.3. The number of carbonyl (C=O) groups excluding carboxylic acids is 3. The molecule has 0 radical (unpaired) electrons. The van der Waals surface area contributed by atoms with Crippen molar-refractivity contribution in [1.29, 1.82) is 0 Å². The van der Waals surface area contributed by atoms with E-state index in [0.717, 1.165) is 5.56 Å². The number of esters is 1. The minimum Gasteiger partial charge on any atom is -0.461 e. The quantitative estimate of drug-likeness (QED) is 0.304. The molecule has 0 spiro atoms. The smallest absolute Gasteiger partial charge is 0.307 e. The molecule has 160 valence electrons. The van der Waals surface area contributed by atoms with E-state index in [1.807, 2.05) is 30.3 Å². The van der Waals surface area contributed by atoms with E-state index in [4.69, 9.17) is 20.9 Å². The lowest BCUT2D eigenvalue weighted by molar-refractivity contribution is -0.144. The normalized spacial score (nSPS) is 10.3. The van der Waals surface area contributed by atoms with Crippen molar-refractivity contribution in [2.45, 2.75) is 13.0 Å². The van der Waals surface area contributed by atoms with Gasteiger partial charge in [-0.05, 0) is 5.56 Å². The molecule has 0 bridgehead atoms. The van der Waals surface area contributed by atoms with Gasteiger partial charge in [0.2, 0.25) is 0 Å². The van der Waals surface area contributed by atoms with Crippen molar-refractivity contribution in [2.75, 3.05) is 38.3 Å². The van der Waals surface area contributed by atoms with E-state index in [0.29, 0.717) is 6.61 Å². The second-order valence-corrected chi connectivity index (χ2v) is 6.09. The molecule has 1 heterocycles. The fourth-order valence-electron chi connectivity index (χ4n) is 2.32. The van der Waals surface area contributed by atoms with Crippen LogP contribution >= 0.6 is 0 Å². The first kappa shape index (κ1) is 22.6. The van der Waals surface area contributed by atoms with Crippen molar-refractivity contribution < 1.29 is 23.9 Å². The van der Waals surface area contributed by atoms with Crippen molar-refractivity contribution in [3.63, 3.8) is 0 Å². The summed E-state index contributed by atoms with van der Waals surface area (Å²) in [6, 6.07) is 9.22. The molecule has 1 aromatic carbocycles. The highest BCUT2D eigenvalue weighted by Crippen LogP contribution is 2.13. The van der Waals surface area contributed by atoms with Gasteiger partial charge >= 0.3 is 5.97 Å². The first-order valence-electron chi connectivity index (χ1n) is 9.10. The van der Waals surface area contributed by atoms with Crippen LogP contribution in [-0.2, 0) is 20.9 Å². The molecule has 0 fully saturated rings. The Bertz CT molecular complexity index is 890. The summed E-state index contributed by atoms with van der Waals surface area (Å²) >= 11 is 0. The Balaban J connectivity index is 1.85. The highest BCUT2D eigenvalue weighted by molar-refractivity contribution is 6.00. The zero-order valence-corrected chi connectivity index (χ0v) is 16.5. The summed E-state index contributed by atoms with van der Waals surface area (Å²) < 4.78 is 9.96. The zero-order valence-electron chi connectivity index (χ0n) is 16.5. The van der Waals surface area contributed by atoms with Gasteiger partial charge in [0.1, 0.15) is 6.61 Å². The van der Waals surface area contributed by atoms with Crippen LogP contribution in [0.1, 0.15) is 33.0 Å². The van der Waals surface area contributed by atoms with Crippen LogP contribution in [0.5, 0.6) is 0 Å². The molecule has 1 aromatic heterocycles. The first-order valence-corrected chi connectivity index (χ1v) is 9.10. The van der Waals surface area contributed by atoms with E-state index in [2.05, 4.69) is 20.6 Å². The number of nitrogens with one attached hydrogen (secondary N) is 2. The number of hydrogen-bond donors (Lipinski definition) is 4. The number of aromatic nitrogens is 2. The second-order valence-electron chi connectivity index (χ2n) is 6.09. The predicted octanol–water partition coefficient (Wildman–Crippen LogP) is -0.119. The Morgan fingerprint density at radius 2 is 1.50 bits per heavy atom. The number of carbonyl (C=O) groups is 3. The number of nitrogen functional groups attached to an aromatic ring is 2. The molecule has 2 amide bonds. The van der Waals surface area contributed by atoms with E-state index >= 15 is 0 Å². The largest absolute Gasteiger partial charge is 0.461 e. The first-order chi connectivity index (χ1) is 14.4. The van der Waals surface area contributed by atoms with Crippen LogP contribution in [0.25, 0.3) is 0 Å². The molecular formula is C19H24N6O5. The molecule has 2 aromatic rings. The van der Waals surface area contributed by atoms with Crippen molar-refractivity contribution in [3.8, 4) is 0 Å². The van der Waals surface area contributed by atoms with E-state index in [1.54, 1.807) is 0 Å². The lowest BCUT2D eigenvalue weighted by Crippen LogP contribution is -2.31. The molecule has 30 heavy (non-hydrogen) atoms. The maximum absolute atomic E-state index is 12.3. The maximum Gasteiger partial charge on any atom is 0.307 e. The molecule has 0 saturated heterocycles. The molecule has 11 heteroatoms. The molecule has 0 saturated carbocycles. The van der Waals surface area contributed by atoms with Gasteiger partial charge in [-0.3, -0.25) is 14.4 Å². The van der Waals surface area contributed by atoms with Gasteiger partial charge < -0.3 is 31.6 Å². The Hall–Kier alpha value is -3.73. The highest BCUT2D eigenvalue weighted by atomic mass is 16.5. The maximum atomic E-state index is 12.3. The van der Waals surface area contributed by atoms with Gasteiger partial charge in [0.25, 0.3) is 11.8 Å². The molecule has 0 aliphatic rings. The Kier molecular flexibility index (Phi) is 8.51. The minimum atomic E-state index is -0.672. The standard InChI is InChI=1S/C19H24N6O5/c1-29-10-9-23-19(28)15-17(21)24-14(16(20)25-15)18(27)22-8-7-13(26)30-11-12-5-3-2-4-6-12/h2-6H,7-11H2,1H3,(H2,20,25)(H2,21,24)(H,22,27)(H,23,28). The third-order valence-corrected chi connectivity index (χ3v) is 3.83. The lowest BCUT2D eigenvalue weighted by Gasteiger charge is -2.10. The number of nitrogens with two attached hydrogens (primary N) is 2. The summed E-state index contributed by atoms with van der Waals surface area (Å²) in [5.41, 5.74) is 11.9. The number of rotatable bonds is 10. The number of anilines is 2. The number of benzene rings is 1. The third-order valence-electron chi connectivity index (χ3n) is 3.83. The van der Waals surface area contributed by atoms with Crippen LogP contribution < -0.4 is 22.1 Å². The number of hydrogen-bond acceptors (Lipinski definition) is 9. The summed E-state index contributed by atoms with van der Waals surface area (Å²) in [6.07, 6.45) is -0.0403. The number of methoxy groups -OCH3 is 1. The molecule has 6 N–H and O–H groups in total. The van der Waals surface area contributed by atoms with Gasteiger partial charge in [0, 0.05) is 20.2 Å². The van der Waals surface area contributed by atoms with Gasteiger partial charge in [-0.1, -0.05) is 30.3 Å². The van der Waals surface area contributed by atoms with Gasteiger partial charge in [-0.15, -0.1) is 0 Å². The van der Waals surface area contributed by atoms with Gasteiger partial charge in [-0.2, -0.15) is 0 Å². The summed E-state index contributed by atoms with van der Waals surface area (Å²) in [5, 5.41) is 5.02. The number of ether oxygens (including phenoxy) is 2. The Labute approximate surface area is 173 Å².